The Morgan fingerprint density at radius 3 is 2.50 bits per heavy atom. The first kappa shape index (κ1) is 26.9. The normalized spacial score (nSPS) is 12.7. The van der Waals surface area contributed by atoms with Crippen molar-refractivity contribution in [3.63, 3.8) is 0 Å². The standard InChI is InChI=1S/C18H25BrN4O.C6H5NO/c1-13(22-10-9-20-3)11-17(15-7-5-6-8-18(15)24)23-14(2)16(19)12-21-4;8-5-6-2-1-3-7-4-6/h5-8,11-12,20,22,24H,9-10H2,1-4H3;1-5H/b13-11+,16-14-,21-12?,23-17+;. The van der Waals surface area contributed by atoms with Crippen molar-refractivity contribution in [3.05, 3.63) is 81.9 Å². The minimum absolute atomic E-state index is 0.198. The zero-order valence-corrected chi connectivity index (χ0v) is 20.4. The number of aromatic nitrogens is 1. The first-order valence-electron chi connectivity index (χ1n) is 10.0. The van der Waals surface area contributed by atoms with Crippen molar-refractivity contribution in [3.8, 4) is 5.75 Å². The Kier molecular flexibility index (Phi) is 13.2. The molecular weight excluding hydrogens is 470 g/mol. The Balaban J connectivity index is 0.000000533. The van der Waals surface area contributed by atoms with Gasteiger partial charge in [0, 0.05) is 55.6 Å². The summed E-state index contributed by atoms with van der Waals surface area (Å²) >= 11 is 3.46. The molecule has 1 heterocycles. The molecule has 2 aromatic rings. The number of hydrogen-bond donors (Lipinski definition) is 3. The van der Waals surface area contributed by atoms with E-state index < -0.39 is 0 Å². The Labute approximate surface area is 198 Å². The van der Waals surface area contributed by atoms with Crippen molar-refractivity contribution in [1.82, 2.24) is 15.6 Å². The van der Waals surface area contributed by atoms with Crippen LogP contribution in [0.2, 0.25) is 0 Å². The second kappa shape index (κ2) is 15.7. The third-order valence-corrected chi connectivity index (χ3v) is 4.79. The van der Waals surface area contributed by atoms with Crippen LogP contribution in [0.1, 0.15) is 29.8 Å². The van der Waals surface area contributed by atoms with Crippen molar-refractivity contribution in [1.29, 1.82) is 0 Å². The van der Waals surface area contributed by atoms with E-state index in [9.17, 15) is 9.90 Å². The molecule has 7 nitrogen and oxygen atoms in total. The maximum Gasteiger partial charge on any atom is 0.151 e. The number of phenolic OH excluding ortho intramolecular Hbond substituents is 1. The van der Waals surface area contributed by atoms with E-state index in [1.807, 2.05) is 39.1 Å². The number of rotatable bonds is 9. The minimum Gasteiger partial charge on any atom is -0.507 e. The number of benzene rings is 1. The van der Waals surface area contributed by atoms with Crippen LogP contribution < -0.4 is 10.6 Å². The van der Waals surface area contributed by atoms with Crippen LogP contribution in [0.3, 0.4) is 0 Å². The number of para-hydroxylation sites is 1. The van der Waals surface area contributed by atoms with E-state index >= 15 is 0 Å². The van der Waals surface area contributed by atoms with Gasteiger partial charge in [-0.15, -0.1) is 0 Å². The van der Waals surface area contributed by atoms with Crippen LogP contribution in [-0.2, 0) is 0 Å². The maximum absolute atomic E-state index is 10.2. The highest BCUT2D eigenvalue weighted by Gasteiger charge is 2.08. The zero-order chi connectivity index (χ0) is 23.8. The van der Waals surface area contributed by atoms with Crippen LogP contribution in [0.15, 0.2) is 80.7 Å². The fourth-order valence-electron chi connectivity index (χ4n) is 2.39. The van der Waals surface area contributed by atoms with E-state index in [-0.39, 0.29) is 5.75 Å². The molecule has 0 spiro atoms. The third kappa shape index (κ3) is 10.3. The number of allylic oxidation sites excluding steroid dienone is 4. The lowest BCUT2D eigenvalue weighted by molar-refractivity contribution is 0.112. The van der Waals surface area contributed by atoms with Crippen molar-refractivity contribution < 1.29 is 9.90 Å². The van der Waals surface area contributed by atoms with Gasteiger partial charge >= 0.3 is 0 Å². The molecule has 0 unspecified atom stereocenters. The Hall–Kier alpha value is -3.10. The number of phenols is 1. The molecular formula is C24H30BrN5O2. The van der Waals surface area contributed by atoms with Crippen LogP contribution in [0.25, 0.3) is 0 Å². The predicted molar refractivity (Wildman–Crippen MR) is 136 cm³/mol. The average molecular weight is 500 g/mol. The highest BCUT2D eigenvalue weighted by molar-refractivity contribution is 9.12. The van der Waals surface area contributed by atoms with Crippen molar-refractivity contribution in [2.75, 3.05) is 27.2 Å². The maximum atomic E-state index is 10.2. The number of aromatic hydroxyl groups is 1. The molecule has 32 heavy (non-hydrogen) atoms. The summed E-state index contributed by atoms with van der Waals surface area (Å²) < 4.78 is 0.798. The highest BCUT2D eigenvalue weighted by Crippen LogP contribution is 2.20. The first-order chi connectivity index (χ1) is 15.4. The second-order valence-electron chi connectivity index (χ2n) is 6.60. The second-order valence-corrected chi connectivity index (χ2v) is 7.45. The quantitative estimate of drug-likeness (QED) is 0.273. The Morgan fingerprint density at radius 1 is 1.19 bits per heavy atom. The van der Waals surface area contributed by atoms with Crippen molar-refractivity contribution >= 4 is 34.1 Å². The van der Waals surface area contributed by atoms with E-state index in [1.54, 1.807) is 43.7 Å². The molecule has 2 rings (SSSR count). The number of hydrogen-bond acceptors (Lipinski definition) is 7. The molecule has 1 aromatic heterocycles. The summed E-state index contributed by atoms with van der Waals surface area (Å²) in [5.41, 5.74) is 3.73. The number of carbonyl (C=O) groups excluding carboxylic acids is 1. The summed E-state index contributed by atoms with van der Waals surface area (Å²) in [6.45, 7) is 5.55. The molecule has 170 valence electrons. The van der Waals surface area contributed by atoms with Gasteiger partial charge in [0.2, 0.25) is 0 Å². The van der Waals surface area contributed by atoms with E-state index in [0.29, 0.717) is 16.8 Å². The topological polar surface area (TPSA) is 99.0 Å². The lowest BCUT2D eigenvalue weighted by atomic mass is 10.1. The van der Waals surface area contributed by atoms with Gasteiger partial charge in [0.25, 0.3) is 0 Å². The molecule has 0 saturated carbocycles. The average Bonchev–Trinajstić information content (AvgIpc) is 2.80. The summed E-state index contributed by atoms with van der Waals surface area (Å²) in [6.07, 6.45) is 7.55. The molecule has 1 aromatic carbocycles. The number of halogens is 1. The van der Waals surface area contributed by atoms with E-state index in [4.69, 9.17) is 0 Å². The van der Waals surface area contributed by atoms with Gasteiger partial charge < -0.3 is 15.7 Å². The number of nitrogens with one attached hydrogen (secondary N) is 2. The number of carbonyl (C=O) groups is 1. The van der Waals surface area contributed by atoms with Crippen LogP contribution in [0.4, 0.5) is 0 Å². The van der Waals surface area contributed by atoms with Gasteiger partial charge in [-0.3, -0.25) is 19.8 Å². The molecule has 0 saturated heterocycles. The van der Waals surface area contributed by atoms with Gasteiger partial charge in [0.1, 0.15) is 5.75 Å². The highest BCUT2D eigenvalue weighted by atomic mass is 79.9. The van der Waals surface area contributed by atoms with Gasteiger partial charge in [0.15, 0.2) is 6.29 Å². The van der Waals surface area contributed by atoms with Gasteiger partial charge in [-0.2, -0.15) is 0 Å². The van der Waals surface area contributed by atoms with E-state index in [1.165, 1.54) is 6.20 Å². The predicted octanol–water partition coefficient (Wildman–Crippen LogP) is 4.12. The van der Waals surface area contributed by atoms with Crippen LogP contribution >= 0.6 is 15.9 Å². The molecule has 0 atom stereocenters. The lowest BCUT2D eigenvalue weighted by Crippen LogP contribution is -2.24. The fourth-order valence-corrected chi connectivity index (χ4v) is 2.68. The number of likely N-dealkylation sites (N-methyl/N-ethyl adjacent to an activating group) is 1. The van der Waals surface area contributed by atoms with Gasteiger partial charge in [-0.05, 0) is 67.2 Å². The van der Waals surface area contributed by atoms with Gasteiger partial charge in [-0.1, -0.05) is 12.1 Å². The van der Waals surface area contributed by atoms with Crippen LogP contribution in [0.5, 0.6) is 5.75 Å². The molecule has 0 aliphatic rings. The van der Waals surface area contributed by atoms with E-state index in [2.05, 4.69) is 41.5 Å². The SMILES string of the molecule is CN=C/C(Br)=C(C)/N=C(\C=C(/C)NCCNC)c1ccccc1O.O=Cc1cccnc1. The monoisotopic (exact) mass is 499 g/mol. The smallest absolute Gasteiger partial charge is 0.151 e. The minimum atomic E-state index is 0.198. The Bertz CT molecular complexity index is 969. The van der Waals surface area contributed by atoms with Crippen molar-refractivity contribution in [2.24, 2.45) is 9.98 Å². The van der Waals surface area contributed by atoms with Gasteiger partial charge in [-0.25, -0.2) is 0 Å². The summed E-state index contributed by atoms with van der Waals surface area (Å²) in [4.78, 5) is 22.3. The number of nitrogens with zero attached hydrogens (tertiary/aromatic N) is 3. The molecule has 8 heteroatoms. The molecule has 0 aliphatic carbocycles. The van der Waals surface area contributed by atoms with E-state index in [0.717, 1.165) is 35.3 Å². The largest absolute Gasteiger partial charge is 0.507 e. The zero-order valence-electron chi connectivity index (χ0n) is 18.8. The van der Waals surface area contributed by atoms with Gasteiger partial charge in [0.05, 0.1) is 15.9 Å². The van der Waals surface area contributed by atoms with Crippen LogP contribution in [0, 0.1) is 0 Å². The number of aldehydes is 1. The summed E-state index contributed by atoms with van der Waals surface area (Å²) in [6, 6.07) is 10.6. The molecule has 0 aliphatic heterocycles. The third-order valence-electron chi connectivity index (χ3n) is 4.01. The summed E-state index contributed by atoms with van der Waals surface area (Å²) in [5, 5.41) is 16.6. The molecule has 0 fully saturated rings. The summed E-state index contributed by atoms with van der Waals surface area (Å²) in [7, 11) is 3.62. The summed E-state index contributed by atoms with van der Waals surface area (Å²) in [5.74, 6) is 0.198. The molecule has 0 amide bonds. The number of aliphatic imine (C=N–C) groups is 2. The molecule has 0 radical (unpaired) electrons. The molecule has 3 N–H and O–H groups in total. The Morgan fingerprint density at radius 2 is 1.94 bits per heavy atom. The fraction of sp³-hybridized carbons (Fsp3) is 0.250. The molecule has 0 bridgehead atoms. The first-order valence-corrected chi connectivity index (χ1v) is 10.8. The lowest BCUT2D eigenvalue weighted by Gasteiger charge is -2.10. The van der Waals surface area contributed by atoms with Crippen molar-refractivity contribution in [2.45, 2.75) is 13.8 Å². The number of pyridine rings is 1. The van der Waals surface area contributed by atoms with Crippen LogP contribution in [-0.4, -0.2) is 55.5 Å².